The topological polar surface area (TPSA) is 43.1 Å². The van der Waals surface area contributed by atoms with E-state index in [9.17, 15) is 4.79 Å². The molecule has 0 bridgehead atoms. The molecule has 0 amide bonds. The van der Waals surface area contributed by atoms with Crippen molar-refractivity contribution >= 4 is 60.7 Å². The Labute approximate surface area is 171 Å². The van der Waals surface area contributed by atoms with E-state index in [0.29, 0.717) is 11.5 Å². The Bertz CT molecular complexity index is 833. The maximum absolute atomic E-state index is 10.1. The second-order valence-corrected chi connectivity index (χ2v) is 7.43. The number of hydrogen-bond donors (Lipinski definition) is 0. The van der Waals surface area contributed by atoms with Crippen LogP contribution in [0.15, 0.2) is 61.9 Å². The van der Waals surface area contributed by atoms with Gasteiger partial charge in [0.2, 0.25) is 5.89 Å². The van der Waals surface area contributed by atoms with Crippen LogP contribution in [0, 0.1) is 6.92 Å². The predicted octanol–water partition coefficient (Wildman–Crippen LogP) is 6.61. The van der Waals surface area contributed by atoms with Gasteiger partial charge in [0.05, 0.1) is 5.69 Å². The number of rotatable bonds is 3. The summed E-state index contributed by atoms with van der Waals surface area (Å²) in [5, 5.41) is 0. The molecule has 124 valence electrons. The molecule has 0 saturated heterocycles. The van der Waals surface area contributed by atoms with Crippen molar-refractivity contribution in [3.8, 4) is 11.5 Å². The van der Waals surface area contributed by atoms with Gasteiger partial charge in [0.25, 0.3) is 0 Å². The van der Waals surface area contributed by atoms with Crippen molar-refractivity contribution in [1.82, 2.24) is 4.98 Å². The molecule has 0 atom stereocenters. The zero-order valence-corrected chi connectivity index (χ0v) is 18.1. The van der Waals surface area contributed by atoms with E-state index in [1.54, 1.807) is 12.1 Å². The molecule has 2 aromatic carbocycles. The molecule has 24 heavy (non-hydrogen) atoms. The van der Waals surface area contributed by atoms with Crippen LogP contribution < -0.4 is 0 Å². The Balaban J connectivity index is 0.000000198. The molecule has 0 saturated carbocycles. The Morgan fingerprint density at radius 1 is 1.12 bits per heavy atom. The molecule has 0 aliphatic rings. The molecular weight excluding hydrogens is 549 g/mol. The third-order valence-corrected chi connectivity index (χ3v) is 4.78. The third-order valence-electron chi connectivity index (χ3n) is 3.08. The highest BCUT2D eigenvalue weighted by atomic mass is 127. The van der Waals surface area contributed by atoms with E-state index in [4.69, 9.17) is 4.42 Å². The maximum atomic E-state index is 10.1. The SMILES string of the molecule is Cc1oc(-c2cccc(Br)c2)nc1CI.O=Cc1cccc(Br)c1. The van der Waals surface area contributed by atoms with Crippen LogP contribution in [0.3, 0.4) is 0 Å². The number of benzene rings is 2. The van der Waals surface area contributed by atoms with E-state index in [1.807, 2.05) is 43.3 Å². The van der Waals surface area contributed by atoms with Crippen LogP contribution in [-0.4, -0.2) is 11.3 Å². The monoisotopic (exact) mass is 561 g/mol. The van der Waals surface area contributed by atoms with Gasteiger partial charge >= 0.3 is 0 Å². The molecule has 6 heteroatoms. The standard InChI is InChI=1S/C11H9BrINO.C7H5BrO/c1-7-10(6-13)14-11(15-7)8-3-2-4-9(12)5-8;8-7-3-1-2-6(4-7)5-9/h2-5H,6H2,1H3;1-5H. The van der Waals surface area contributed by atoms with Crippen LogP contribution in [0.1, 0.15) is 21.8 Å². The molecule has 0 unspecified atom stereocenters. The Morgan fingerprint density at radius 3 is 2.29 bits per heavy atom. The van der Waals surface area contributed by atoms with E-state index in [1.165, 1.54) is 0 Å². The lowest BCUT2D eigenvalue weighted by atomic mass is 10.2. The average Bonchev–Trinajstić information content (AvgIpc) is 2.96. The number of aryl methyl sites for hydroxylation is 1. The van der Waals surface area contributed by atoms with Crippen molar-refractivity contribution in [2.75, 3.05) is 0 Å². The highest BCUT2D eigenvalue weighted by Crippen LogP contribution is 2.25. The molecule has 0 aliphatic carbocycles. The number of alkyl halides is 1. The Kier molecular flexibility index (Phi) is 7.64. The summed E-state index contributed by atoms with van der Waals surface area (Å²) >= 11 is 8.96. The molecule has 0 aliphatic heterocycles. The van der Waals surface area contributed by atoms with Gasteiger partial charge in [0, 0.05) is 24.5 Å². The summed E-state index contributed by atoms with van der Waals surface area (Å²) in [4.78, 5) is 14.6. The van der Waals surface area contributed by atoms with Crippen molar-refractivity contribution in [2.45, 2.75) is 11.4 Å². The first-order valence-corrected chi connectivity index (χ1v) is 10.1. The quantitative estimate of drug-likeness (QED) is 0.205. The summed E-state index contributed by atoms with van der Waals surface area (Å²) in [6, 6.07) is 15.2. The van der Waals surface area contributed by atoms with E-state index in [-0.39, 0.29) is 0 Å². The number of aldehydes is 1. The van der Waals surface area contributed by atoms with Gasteiger partial charge in [-0.15, -0.1) is 0 Å². The minimum Gasteiger partial charge on any atom is -0.441 e. The van der Waals surface area contributed by atoms with Crippen LogP contribution in [0.2, 0.25) is 0 Å². The minimum absolute atomic E-state index is 0.695. The number of carbonyl (C=O) groups is 1. The molecular formula is C18H14Br2INO2. The number of aromatic nitrogens is 1. The lowest BCUT2D eigenvalue weighted by molar-refractivity contribution is 0.112. The zero-order valence-electron chi connectivity index (χ0n) is 12.8. The summed E-state index contributed by atoms with van der Waals surface area (Å²) in [7, 11) is 0. The van der Waals surface area contributed by atoms with Crippen LogP contribution >= 0.6 is 54.5 Å². The molecule has 3 aromatic rings. The molecule has 3 rings (SSSR count). The number of hydrogen-bond acceptors (Lipinski definition) is 3. The van der Waals surface area contributed by atoms with Gasteiger partial charge < -0.3 is 4.42 Å². The molecule has 0 N–H and O–H groups in total. The second kappa shape index (κ2) is 9.48. The molecule has 3 nitrogen and oxygen atoms in total. The Morgan fingerprint density at radius 2 is 1.79 bits per heavy atom. The fourth-order valence-corrected chi connectivity index (χ4v) is 3.40. The van der Waals surface area contributed by atoms with E-state index in [0.717, 1.165) is 36.7 Å². The fourth-order valence-electron chi connectivity index (χ4n) is 1.88. The van der Waals surface area contributed by atoms with Gasteiger partial charge in [-0.3, -0.25) is 4.79 Å². The number of carbonyl (C=O) groups excluding carboxylic acids is 1. The maximum Gasteiger partial charge on any atom is 0.226 e. The van der Waals surface area contributed by atoms with Crippen molar-refractivity contribution in [2.24, 2.45) is 0 Å². The Hall–Kier alpha value is -0.990. The van der Waals surface area contributed by atoms with E-state index in [2.05, 4.69) is 59.4 Å². The first-order valence-electron chi connectivity index (χ1n) is 7.02. The summed E-state index contributed by atoms with van der Waals surface area (Å²) < 4.78 is 8.46. The second-order valence-electron chi connectivity index (χ2n) is 4.84. The normalized spacial score (nSPS) is 10.0. The summed E-state index contributed by atoms with van der Waals surface area (Å²) in [6.07, 6.45) is 0.824. The molecule has 0 fully saturated rings. The van der Waals surface area contributed by atoms with Gasteiger partial charge in [-0.1, -0.05) is 72.6 Å². The van der Waals surface area contributed by atoms with Crippen LogP contribution in [-0.2, 0) is 4.43 Å². The number of oxazole rings is 1. The third kappa shape index (κ3) is 5.53. The van der Waals surface area contributed by atoms with E-state index < -0.39 is 0 Å². The minimum atomic E-state index is 0.695. The summed E-state index contributed by atoms with van der Waals surface area (Å²) in [5.41, 5.74) is 2.72. The van der Waals surface area contributed by atoms with Gasteiger partial charge in [-0.2, -0.15) is 0 Å². The van der Waals surface area contributed by atoms with Crippen molar-refractivity contribution in [1.29, 1.82) is 0 Å². The average molecular weight is 563 g/mol. The lowest BCUT2D eigenvalue weighted by Crippen LogP contribution is -1.80. The van der Waals surface area contributed by atoms with Gasteiger partial charge in [0.15, 0.2) is 0 Å². The van der Waals surface area contributed by atoms with Gasteiger partial charge in [-0.25, -0.2) is 4.98 Å². The van der Waals surface area contributed by atoms with Crippen LogP contribution in [0.25, 0.3) is 11.5 Å². The molecule has 1 aromatic heterocycles. The van der Waals surface area contributed by atoms with Crippen LogP contribution in [0.5, 0.6) is 0 Å². The highest BCUT2D eigenvalue weighted by molar-refractivity contribution is 14.1. The van der Waals surface area contributed by atoms with Crippen molar-refractivity contribution in [3.63, 3.8) is 0 Å². The molecule has 0 spiro atoms. The zero-order chi connectivity index (χ0) is 17.5. The highest BCUT2D eigenvalue weighted by Gasteiger charge is 2.10. The predicted molar refractivity (Wildman–Crippen MR) is 112 cm³/mol. The van der Waals surface area contributed by atoms with Gasteiger partial charge in [-0.05, 0) is 37.3 Å². The first kappa shape index (κ1) is 19.3. The number of halogens is 3. The summed E-state index contributed by atoms with van der Waals surface area (Å²) in [6.45, 7) is 1.95. The van der Waals surface area contributed by atoms with Gasteiger partial charge in [0.1, 0.15) is 12.0 Å². The first-order chi connectivity index (χ1) is 11.5. The van der Waals surface area contributed by atoms with Crippen LogP contribution in [0.4, 0.5) is 0 Å². The van der Waals surface area contributed by atoms with E-state index >= 15 is 0 Å². The fraction of sp³-hybridized carbons (Fsp3) is 0.111. The molecule has 0 radical (unpaired) electrons. The molecule has 1 heterocycles. The van der Waals surface area contributed by atoms with Crippen molar-refractivity contribution < 1.29 is 9.21 Å². The van der Waals surface area contributed by atoms with Crippen molar-refractivity contribution in [3.05, 3.63) is 74.5 Å². The number of nitrogens with zero attached hydrogens (tertiary/aromatic N) is 1. The largest absolute Gasteiger partial charge is 0.441 e. The lowest BCUT2D eigenvalue weighted by Gasteiger charge is -1.95. The summed E-state index contributed by atoms with van der Waals surface area (Å²) in [5.74, 6) is 1.60. The smallest absolute Gasteiger partial charge is 0.226 e.